The molecular formula is C20H16N2O5S. The van der Waals surface area contributed by atoms with Crippen LogP contribution in [0.5, 0.6) is 11.5 Å². The van der Waals surface area contributed by atoms with Crippen molar-refractivity contribution < 1.29 is 23.8 Å². The molecule has 0 unspecified atom stereocenters. The molecule has 2 aromatic heterocycles. The first-order valence-electron chi connectivity index (χ1n) is 8.51. The number of nitrogens with one attached hydrogen (secondary N) is 1. The summed E-state index contributed by atoms with van der Waals surface area (Å²) in [6.45, 7) is 0.440. The van der Waals surface area contributed by atoms with Gasteiger partial charge in [0.05, 0.1) is 0 Å². The van der Waals surface area contributed by atoms with Crippen LogP contribution in [0.3, 0.4) is 0 Å². The van der Waals surface area contributed by atoms with Crippen LogP contribution in [-0.2, 0) is 16.1 Å². The number of benzene rings is 1. The highest BCUT2D eigenvalue weighted by atomic mass is 32.1. The fourth-order valence-corrected chi connectivity index (χ4v) is 3.30. The van der Waals surface area contributed by atoms with E-state index >= 15 is 0 Å². The number of fused-ring (bicyclic) bond motifs is 1. The number of nitrogens with zero attached hydrogens (tertiary/aromatic N) is 1. The fourth-order valence-electron chi connectivity index (χ4n) is 2.70. The van der Waals surface area contributed by atoms with Gasteiger partial charge in [-0.2, -0.15) is 0 Å². The summed E-state index contributed by atoms with van der Waals surface area (Å²) in [5.41, 5.74) is 1.34. The molecule has 1 aliphatic heterocycles. The van der Waals surface area contributed by atoms with E-state index in [1.807, 2.05) is 6.07 Å². The van der Waals surface area contributed by atoms with Crippen molar-refractivity contribution in [2.75, 3.05) is 6.79 Å². The van der Waals surface area contributed by atoms with E-state index in [0.29, 0.717) is 21.9 Å². The number of aromatic nitrogens is 1. The number of thiophene rings is 1. The zero-order chi connectivity index (χ0) is 19.3. The van der Waals surface area contributed by atoms with Crippen LogP contribution in [0.15, 0.2) is 60.2 Å². The summed E-state index contributed by atoms with van der Waals surface area (Å²) in [4.78, 5) is 29.6. The van der Waals surface area contributed by atoms with Gasteiger partial charge in [0.2, 0.25) is 12.9 Å². The van der Waals surface area contributed by atoms with Gasteiger partial charge in [0, 0.05) is 24.5 Å². The predicted octanol–water partition coefficient (Wildman–Crippen LogP) is 3.09. The van der Waals surface area contributed by atoms with Crippen LogP contribution in [0, 0.1) is 0 Å². The summed E-state index contributed by atoms with van der Waals surface area (Å²) in [7, 11) is 0. The second-order valence-electron chi connectivity index (χ2n) is 5.95. The van der Waals surface area contributed by atoms with Gasteiger partial charge in [-0.1, -0.05) is 18.2 Å². The Labute approximate surface area is 164 Å². The van der Waals surface area contributed by atoms with E-state index in [-0.39, 0.29) is 13.3 Å². The maximum absolute atomic E-state index is 12.8. The van der Waals surface area contributed by atoms with Crippen LogP contribution >= 0.6 is 11.3 Å². The van der Waals surface area contributed by atoms with Crippen molar-refractivity contribution in [1.29, 1.82) is 0 Å². The van der Waals surface area contributed by atoms with Crippen LogP contribution in [0.4, 0.5) is 0 Å². The average molecular weight is 396 g/mol. The molecule has 1 N–H and O–H groups in total. The normalized spacial score (nSPS) is 13.0. The molecule has 4 rings (SSSR count). The first-order valence-corrected chi connectivity index (χ1v) is 9.39. The molecule has 0 spiro atoms. The van der Waals surface area contributed by atoms with E-state index in [4.69, 9.17) is 14.2 Å². The molecule has 1 amide bonds. The molecule has 8 heteroatoms. The number of rotatable bonds is 6. The van der Waals surface area contributed by atoms with Crippen molar-refractivity contribution in [3.8, 4) is 11.5 Å². The highest BCUT2D eigenvalue weighted by Crippen LogP contribution is 2.32. The quantitative estimate of drug-likeness (QED) is 0.645. The van der Waals surface area contributed by atoms with E-state index in [9.17, 15) is 9.59 Å². The molecule has 7 nitrogen and oxygen atoms in total. The second-order valence-corrected chi connectivity index (χ2v) is 6.90. The minimum Gasteiger partial charge on any atom is -0.454 e. The van der Waals surface area contributed by atoms with Crippen molar-refractivity contribution in [3.63, 3.8) is 0 Å². The summed E-state index contributed by atoms with van der Waals surface area (Å²) in [5.74, 6) is 0.325. The SMILES string of the molecule is O=C(O[C@H](C(=O)NCc1ccc2c(c1)OCO2)c1cccnc1)c1cccs1. The molecule has 0 saturated carbocycles. The molecule has 0 saturated heterocycles. The third-order valence-corrected chi connectivity index (χ3v) is 4.93. The van der Waals surface area contributed by atoms with Crippen LogP contribution in [0.1, 0.15) is 26.9 Å². The summed E-state index contributed by atoms with van der Waals surface area (Å²) >= 11 is 1.25. The number of esters is 1. The highest BCUT2D eigenvalue weighted by molar-refractivity contribution is 7.11. The smallest absolute Gasteiger partial charge is 0.349 e. The molecule has 1 atom stereocenters. The Kier molecular flexibility index (Phi) is 5.20. The molecule has 0 radical (unpaired) electrons. The lowest BCUT2D eigenvalue weighted by Gasteiger charge is -2.17. The first-order chi connectivity index (χ1) is 13.7. The Bertz CT molecular complexity index is 976. The topological polar surface area (TPSA) is 86.8 Å². The van der Waals surface area contributed by atoms with Gasteiger partial charge < -0.3 is 19.5 Å². The number of carbonyl (C=O) groups is 2. The standard InChI is InChI=1S/C20H16N2O5S/c23-19(22-10-13-5-6-15-16(9-13)26-12-25-15)18(14-3-1-7-21-11-14)27-20(24)17-4-2-8-28-17/h1-9,11,18H,10,12H2,(H,22,23)/t18-/m0/s1. The number of ether oxygens (including phenoxy) is 3. The van der Waals surface area contributed by atoms with Gasteiger partial charge in [0.15, 0.2) is 11.5 Å². The molecule has 0 bridgehead atoms. The number of hydrogen-bond donors (Lipinski definition) is 1. The monoisotopic (exact) mass is 396 g/mol. The predicted molar refractivity (Wildman–Crippen MR) is 101 cm³/mol. The summed E-state index contributed by atoms with van der Waals surface area (Å²) in [6.07, 6.45) is 2.00. The fraction of sp³-hybridized carbons (Fsp3) is 0.150. The molecule has 3 heterocycles. The van der Waals surface area contributed by atoms with Crippen LogP contribution in [-0.4, -0.2) is 23.7 Å². The minimum atomic E-state index is -1.10. The van der Waals surface area contributed by atoms with Gasteiger partial charge in [-0.05, 0) is 35.2 Å². The molecule has 28 heavy (non-hydrogen) atoms. The second kappa shape index (κ2) is 8.10. The van der Waals surface area contributed by atoms with Crippen molar-refractivity contribution >= 4 is 23.2 Å². The maximum Gasteiger partial charge on any atom is 0.349 e. The van der Waals surface area contributed by atoms with Gasteiger partial charge in [-0.25, -0.2) is 4.79 Å². The number of carbonyl (C=O) groups excluding carboxylic acids is 2. The van der Waals surface area contributed by atoms with Gasteiger partial charge in [-0.3, -0.25) is 9.78 Å². The maximum atomic E-state index is 12.8. The molecule has 142 valence electrons. The minimum absolute atomic E-state index is 0.187. The number of hydrogen-bond acceptors (Lipinski definition) is 7. The number of pyridine rings is 1. The zero-order valence-electron chi connectivity index (χ0n) is 14.7. The van der Waals surface area contributed by atoms with Gasteiger partial charge in [-0.15, -0.1) is 11.3 Å². The van der Waals surface area contributed by atoms with Crippen LogP contribution in [0.25, 0.3) is 0 Å². The summed E-state index contributed by atoms with van der Waals surface area (Å²) in [6, 6.07) is 12.2. The molecule has 0 aliphatic carbocycles. The lowest BCUT2D eigenvalue weighted by atomic mass is 10.1. The molecule has 1 aliphatic rings. The van der Waals surface area contributed by atoms with E-state index < -0.39 is 18.0 Å². The summed E-state index contributed by atoms with van der Waals surface area (Å²) in [5, 5.41) is 4.58. The lowest BCUT2D eigenvalue weighted by molar-refractivity contribution is -0.130. The Balaban J connectivity index is 1.47. The molecule has 1 aromatic carbocycles. The van der Waals surface area contributed by atoms with Crippen LogP contribution in [0.2, 0.25) is 0 Å². The van der Waals surface area contributed by atoms with E-state index in [1.54, 1.807) is 48.0 Å². The third-order valence-electron chi connectivity index (χ3n) is 4.08. The summed E-state index contributed by atoms with van der Waals surface area (Å²) < 4.78 is 16.1. The van der Waals surface area contributed by atoms with Gasteiger partial charge in [0.25, 0.3) is 5.91 Å². The first kappa shape index (κ1) is 18.0. The Morgan fingerprint density at radius 2 is 2.07 bits per heavy atom. The number of amides is 1. The van der Waals surface area contributed by atoms with E-state index in [2.05, 4.69) is 10.3 Å². The average Bonchev–Trinajstić information content (AvgIpc) is 3.42. The lowest BCUT2D eigenvalue weighted by Crippen LogP contribution is -2.31. The van der Waals surface area contributed by atoms with Crippen molar-refractivity contribution in [1.82, 2.24) is 10.3 Å². The van der Waals surface area contributed by atoms with Gasteiger partial charge >= 0.3 is 5.97 Å². The van der Waals surface area contributed by atoms with Crippen molar-refractivity contribution in [3.05, 3.63) is 76.2 Å². The van der Waals surface area contributed by atoms with Crippen molar-refractivity contribution in [2.24, 2.45) is 0 Å². The Morgan fingerprint density at radius 1 is 1.18 bits per heavy atom. The van der Waals surface area contributed by atoms with Gasteiger partial charge in [0.1, 0.15) is 4.88 Å². The van der Waals surface area contributed by atoms with Crippen LogP contribution < -0.4 is 14.8 Å². The molecular weight excluding hydrogens is 380 g/mol. The Hall–Kier alpha value is -3.39. The molecule has 0 fully saturated rings. The largest absolute Gasteiger partial charge is 0.454 e. The van der Waals surface area contributed by atoms with E-state index in [0.717, 1.165) is 5.56 Å². The van der Waals surface area contributed by atoms with Crippen molar-refractivity contribution in [2.45, 2.75) is 12.6 Å². The highest BCUT2D eigenvalue weighted by Gasteiger charge is 2.26. The third kappa shape index (κ3) is 3.96. The van der Waals surface area contributed by atoms with E-state index in [1.165, 1.54) is 17.5 Å². The Morgan fingerprint density at radius 3 is 2.86 bits per heavy atom. The molecule has 3 aromatic rings. The zero-order valence-corrected chi connectivity index (χ0v) is 15.5.